The van der Waals surface area contributed by atoms with E-state index in [-0.39, 0.29) is 30.1 Å². The molecule has 11 heteroatoms. The van der Waals surface area contributed by atoms with Crippen LogP contribution in [0.4, 0.5) is 9.52 Å². The lowest BCUT2D eigenvalue weighted by Gasteiger charge is -2.17. The molecule has 2 heterocycles. The predicted molar refractivity (Wildman–Crippen MR) is 114 cm³/mol. The molecule has 0 saturated carbocycles. The number of aromatic nitrogens is 4. The quantitative estimate of drug-likeness (QED) is 0.470. The average Bonchev–Trinajstić information content (AvgIpc) is 3.31. The van der Waals surface area contributed by atoms with E-state index >= 15 is 0 Å². The van der Waals surface area contributed by atoms with E-state index in [1.165, 1.54) is 29.2 Å². The summed E-state index contributed by atoms with van der Waals surface area (Å²) in [6.45, 7) is 4.27. The number of methoxy groups -OCH3 is 1. The fourth-order valence-electron chi connectivity index (χ4n) is 2.66. The highest BCUT2D eigenvalue weighted by molar-refractivity contribution is 7.99. The number of halogens is 1. The van der Waals surface area contributed by atoms with Gasteiger partial charge in [0.15, 0.2) is 27.7 Å². The Kier molecular flexibility index (Phi) is 7.77. The Morgan fingerprint density at radius 2 is 2.17 bits per heavy atom. The number of nitrogens with one attached hydrogen (secondary N) is 1. The molecule has 1 atom stereocenters. The summed E-state index contributed by atoms with van der Waals surface area (Å²) in [4.78, 5) is 16.5. The van der Waals surface area contributed by atoms with Gasteiger partial charge in [-0.3, -0.25) is 9.36 Å². The normalized spacial score (nSPS) is 12.0. The molecule has 0 saturated heterocycles. The van der Waals surface area contributed by atoms with Gasteiger partial charge in [-0.05, 0) is 26.0 Å². The molecule has 3 rings (SSSR count). The first-order valence-electron chi connectivity index (χ1n) is 9.12. The van der Waals surface area contributed by atoms with E-state index in [9.17, 15) is 9.18 Å². The summed E-state index contributed by atoms with van der Waals surface area (Å²) in [7, 11) is 1.60. The molecule has 8 nitrogen and oxygen atoms in total. The fraction of sp³-hybridized carbons (Fsp3) is 0.368. The molecule has 3 aromatic rings. The first-order chi connectivity index (χ1) is 14.5. The zero-order chi connectivity index (χ0) is 21.5. The smallest absolute Gasteiger partial charge is 0.236 e. The number of hydrogen-bond donors (Lipinski definition) is 1. The minimum Gasteiger partial charge on any atom is -0.483 e. The monoisotopic (exact) mass is 451 g/mol. The molecule has 0 spiro atoms. The summed E-state index contributed by atoms with van der Waals surface area (Å²) in [6, 6.07) is 6.07. The summed E-state index contributed by atoms with van der Waals surface area (Å²) in [5, 5.41) is 14.1. The lowest BCUT2D eigenvalue weighted by molar-refractivity contribution is -0.113. The number of aryl methyl sites for hydroxylation is 1. The number of benzene rings is 1. The van der Waals surface area contributed by atoms with Gasteiger partial charge >= 0.3 is 0 Å². The summed E-state index contributed by atoms with van der Waals surface area (Å²) in [5.74, 6) is 0.162. The van der Waals surface area contributed by atoms with Crippen molar-refractivity contribution in [1.29, 1.82) is 0 Å². The maximum Gasteiger partial charge on any atom is 0.236 e. The van der Waals surface area contributed by atoms with E-state index in [0.717, 1.165) is 5.69 Å². The lowest BCUT2D eigenvalue weighted by atomic mass is 10.3. The summed E-state index contributed by atoms with van der Waals surface area (Å²) >= 11 is 2.62. The number of anilines is 1. The van der Waals surface area contributed by atoms with Crippen molar-refractivity contribution in [3.05, 3.63) is 47.0 Å². The van der Waals surface area contributed by atoms with Crippen LogP contribution < -0.4 is 10.1 Å². The number of thiazole rings is 1. The molecule has 2 aromatic heterocycles. The van der Waals surface area contributed by atoms with Gasteiger partial charge in [0.05, 0.1) is 24.1 Å². The van der Waals surface area contributed by atoms with Crippen LogP contribution >= 0.6 is 23.1 Å². The minimum absolute atomic E-state index is 0.0349. The van der Waals surface area contributed by atoms with Crippen LogP contribution in [0.15, 0.2) is 34.8 Å². The van der Waals surface area contributed by atoms with Gasteiger partial charge in [0.1, 0.15) is 6.61 Å². The van der Waals surface area contributed by atoms with E-state index < -0.39 is 5.82 Å². The van der Waals surface area contributed by atoms with Crippen LogP contribution in [-0.2, 0) is 16.1 Å². The van der Waals surface area contributed by atoms with Crippen molar-refractivity contribution in [3.8, 4) is 5.75 Å². The summed E-state index contributed by atoms with van der Waals surface area (Å²) in [5.41, 5.74) is 0.857. The van der Waals surface area contributed by atoms with Crippen molar-refractivity contribution in [2.24, 2.45) is 0 Å². The zero-order valence-corrected chi connectivity index (χ0v) is 18.4. The van der Waals surface area contributed by atoms with Gasteiger partial charge in [0, 0.05) is 12.5 Å². The molecular weight excluding hydrogens is 429 g/mol. The van der Waals surface area contributed by atoms with E-state index in [1.807, 2.05) is 23.8 Å². The number of nitrogens with zero attached hydrogens (tertiary/aromatic N) is 4. The van der Waals surface area contributed by atoms with Gasteiger partial charge in [-0.2, -0.15) is 0 Å². The van der Waals surface area contributed by atoms with Crippen LogP contribution in [0.2, 0.25) is 0 Å². The van der Waals surface area contributed by atoms with Crippen LogP contribution in [0.3, 0.4) is 0 Å². The van der Waals surface area contributed by atoms with Crippen molar-refractivity contribution in [2.75, 3.05) is 24.8 Å². The van der Waals surface area contributed by atoms with Crippen LogP contribution in [0, 0.1) is 12.7 Å². The number of carbonyl (C=O) groups excluding carboxylic acids is 1. The highest BCUT2D eigenvalue weighted by Gasteiger charge is 2.20. The van der Waals surface area contributed by atoms with E-state index in [2.05, 4.69) is 20.5 Å². The number of thioether (sulfide) groups is 1. The molecule has 0 unspecified atom stereocenters. The highest BCUT2D eigenvalue weighted by Crippen LogP contribution is 2.24. The third-order valence-corrected chi connectivity index (χ3v) is 5.79. The number of ether oxygens (including phenoxy) is 2. The van der Waals surface area contributed by atoms with Crippen molar-refractivity contribution < 1.29 is 18.7 Å². The highest BCUT2D eigenvalue weighted by atomic mass is 32.2. The number of amides is 1. The Labute approximate surface area is 181 Å². The largest absolute Gasteiger partial charge is 0.483 e. The van der Waals surface area contributed by atoms with Gasteiger partial charge in [-0.15, -0.1) is 21.5 Å². The molecule has 1 aromatic carbocycles. The second-order valence-electron chi connectivity index (χ2n) is 6.42. The molecule has 0 fully saturated rings. The number of rotatable bonds is 10. The number of carbonyl (C=O) groups is 1. The van der Waals surface area contributed by atoms with Crippen LogP contribution in [-0.4, -0.2) is 45.1 Å². The number of hydrogen-bond acceptors (Lipinski definition) is 8. The Hall–Kier alpha value is -2.50. The van der Waals surface area contributed by atoms with Gasteiger partial charge in [-0.1, -0.05) is 23.9 Å². The molecule has 0 bridgehead atoms. The SMILES string of the molecule is COC[C@H](C)n1c(COc2ccccc2F)nnc1SCC(=O)Nc1nc(C)cs1. The van der Waals surface area contributed by atoms with Crippen molar-refractivity contribution in [2.45, 2.75) is 31.7 Å². The second-order valence-corrected chi connectivity index (χ2v) is 8.22. The van der Waals surface area contributed by atoms with Crippen LogP contribution in [0.1, 0.15) is 24.5 Å². The molecule has 1 amide bonds. The topological polar surface area (TPSA) is 91.2 Å². The summed E-state index contributed by atoms with van der Waals surface area (Å²) < 4.78 is 26.5. The third kappa shape index (κ3) is 5.77. The average molecular weight is 452 g/mol. The number of para-hydroxylation sites is 1. The molecule has 160 valence electrons. The molecule has 0 aliphatic rings. The first kappa shape index (κ1) is 22.2. The maximum absolute atomic E-state index is 13.8. The van der Waals surface area contributed by atoms with Crippen molar-refractivity contribution in [1.82, 2.24) is 19.7 Å². The first-order valence-corrected chi connectivity index (χ1v) is 11.0. The van der Waals surface area contributed by atoms with Crippen LogP contribution in [0.25, 0.3) is 0 Å². The van der Waals surface area contributed by atoms with Gasteiger partial charge in [0.25, 0.3) is 0 Å². The second kappa shape index (κ2) is 10.5. The molecule has 30 heavy (non-hydrogen) atoms. The van der Waals surface area contributed by atoms with Gasteiger partial charge in [0.2, 0.25) is 5.91 Å². The molecule has 1 N–H and O–H groups in total. The fourth-order valence-corrected chi connectivity index (χ4v) is 4.22. The van der Waals surface area contributed by atoms with Crippen LogP contribution in [0.5, 0.6) is 5.75 Å². The van der Waals surface area contributed by atoms with Crippen molar-refractivity contribution in [3.63, 3.8) is 0 Å². The van der Waals surface area contributed by atoms with E-state index in [0.29, 0.717) is 22.7 Å². The Bertz CT molecular complexity index is 994. The van der Waals surface area contributed by atoms with Gasteiger partial charge in [-0.25, -0.2) is 9.37 Å². The molecule has 0 aliphatic heterocycles. The zero-order valence-electron chi connectivity index (χ0n) is 16.8. The summed E-state index contributed by atoms with van der Waals surface area (Å²) in [6.07, 6.45) is 0. The molecule has 0 radical (unpaired) electrons. The van der Waals surface area contributed by atoms with E-state index in [1.54, 1.807) is 25.3 Å². The minimum atomic E-state index is -0.447. The third-order valence-electron chi connectivity index (χ3n) is 3.97. The Morgan fingerprint density at radius 3 is 2.87 bits per heavy atom. The van der Waals surface area contributed by atoms with Gasteiger partial charge < -0.3 is 14.8 Å². The Balaban J connectivity index is 1.68. The molecular formula is C19H22FN5O3S2. The standard InChI is InChI=1S/C19H22FN5O3S2/c1-12-10-29-18(21-12)22-17(26)11-30-19-24-23-16(25(19)13(2)8-27-3)9-28-15-7-5-4-6-14(15)20/h4-7,10,13H,8-9,11H2,1-3H3,(H,21,22,26)/t13-/m0/s1. The lowest BCUT2D eigenvalue weighted by Crippen LogP contribution is -2.18. The van der Waals surface area contributed by atoms with Crippen molar-refractivity contribution >= 4 is 34.1 Å². The van der Waals surface area contributed by atoms with E-state index in [4.69, 9.17) is 9.47 Å². The Morgan fingerprint density at radius 1 is 1.37 bits per heavy atom. The maximum atomic E-state index is 13.8. The molecule has 0 aliphatic carbocycles. The predicted octanol–water partition coefficient (Wildman–Crippen LogP) is 3.70.